The molecule has 0 radical (unpaired) electrons. The first-order valence-corrected chi connectivity index (χ1v) is 13.7. The highest BCUT2D eigenvalue weighted by Crippen LogP contribution is 2.38. The van der Waals surface area contributed by atoms with Crippen LogP contribution in [0.1, 0.15) is 50.5 Å². The van der Waals surface area contributed by atoms with E-state index in [0.29, 0.717) is 15.9 Å². The number of benzene rings is 2. The predicted octanol–water partition coefficient (Wildman–Crippen LogP) is 5.77. The molecule has 1 atom stereocenters. The fourth-order valence-electron chi connectivity index (χ4n) is 5.13. The molecular weight excluding hydrogens is 488 g/mol. The molecule has 0 N–H and O–H groups in total. The maximum Gasteiger partial charge on any atom is 0.269 e. The molecule has 1 saturated carbocycles. The molecule has 3 aromatic rings. The Kier molecular flexibility index (Phi) is 6.07. The van der Waals surface area contributed by atoms with Crippen LogP contribution in [0.25, 0.3) is 10.9 Å². The standard InChI is InChI=1S/C25H29BrN2O3S/c1-2-27-14-13-18(16-27)22-17-28(32(29,30)25-10-6-5-9-23(25)26)24-12-11-20(15-21(22)24)31-19-7-3-4-8-19/h5-6,9-12,15,17-19H,2-4,7-8,13-14,16H2,1H3/t18-/m1/s1. The molecule has 5 nitrogen and oxygen atoms in total. The van der Waals surface area contributed by atoms with Crippen LogP contribution in [0.4, 0.5) is 0 Å². The molecule has 1 aliphatic carbocycles. The first-order valence-electron chi connectivity index (χ1n) is 11.5. The van der Waals surface area contributed by atoms with E-state index in [4.69, 9.17) is 4.74 Å². The van der Waals surface area contributed by atoms with Crippen molar-refractivity contribution in [3.63, 3.8) is 0 Å². The van der Waals surface area contributed by atoms with Crippen molar-refractivity contribution in [2.45, 2.75) is 55.9 Å². The molecule has 0 bridgehead atoms. The summed E-state index contributed by atoms with van der Waals surface area (Å²) in [5.74, 6) is 1.15. The normalized spacial score (nSPS) is 20.4. The van der Waals surface area contributed by atoms with Crippen LogP contribution in [-0.2, 0) is 10.0 Å². The minimum absolute atomic E-state index is 0.268. The van der Waals surface area contributed by atoms with E-state index in [9.17, 15) is 8.42 Å². The second-order valence-electron chi connectivity index (χ2n) is 8.90. The second kappa shape index (κ2) is 8.84. The third-order valence-electron chi connectivity index (χ3n) is 6.91. The van der Waals surface area contributed by atoms with Crippen molar-refractivity contribution in [3.8, 4) is 5.75 Å². The van der Waals surface area contributed by atoms with Gasteiger partial charge in [0.05, 0.1) is 11.6 Å². The number of likely N-dealkylation sites (N-methyl/N-ethyl adjacent to an activating group) is 1. The van der Waals surface area contributed by atoms with E-state index in [1.54, 1.807) is 18.2 Å². The van der Waals surface area contributed by atoms with Crippen LogP contribution in [0.5, 0.6) is 5.75 Å². The topological polar surface area (TPSA) is 51.5 Å². The summed E-state index contributed by atoms with van der Waals surface area (Å²) in [6.45, 7) is 5.19. The van der Waals surface area contributed by atoms with Gasteiger partial charge in [0.2, 0.25) is 0 Å². The fraction of sp³-hybridized carbons (Fsp3) is 0.440. The largest absolute Gasteiger partial charge is 0.490 e. The molecule has 1 saturated heterocycles. The monoisotopic (exact) mass is 516 g/mol. The Morgan fingerprint density at radius 1 is 1.09 bits per heavy atom. The first-order chi connectivity index (χ1) is 15.5. The fourth-order valence-corrected chi connectivity index (χ4v) is 7.48. The quantitative estimate of drug-likeness (QED) is 0.417. The molecule has 0 spiro atoms. The smallest absolute Gasteiger partial charge is 0.269 e. The summed E-state index contributed by atoms with van der Waals surface area (Å²) in [5, 5.41) is 0.985. The third kappa shape index (κ3) is 3.99. The number of hydrogen-bond donors (Lipinski definition) is 0. The SMILES string of the molecule is CCN1CC[C@@H](c2cn(S(=O)(=O)c3ccccc3Br)c3ccc(OC4CCCC4)cc23)C1. The highest BCUT2D eigenvalue weighted by molar-refractivity contribution is 9.10. The highest BCUT2D eigenvalue weighted by atomic mass is 79.9. The van der Waals surface area contributed by atoms with Crippen LogP contribution in [0, 0.1) is 0 Å². The zero-order valence-electron chi connectivity index (χ0n) is 18.3. The van der Waals surface area contributed by atoms with Gasteiger partial charge >= 0.3 is 0 Å². The Hall–Kier alpha value is -1.83. The van der Waals surface area contributed by atoms with Crippen LogP contribution in [0.2, 0.25) is 0 Å². The molecule has 170 valence electrons. The van der Waals surface area contributed by atoms with E-state index >= 15 is 0 Å². The lowest BCUT2D eigenvalue weighted by Gasteiger charge is -2.14. The van der Waals surface area contributed by atoms with E-state index in [0.717, 1.165) is 55.6 Å². The molecule has 0 unspecified atom stereocenters. The Labute approximate surface area is 198 Å². The molecule has 0 amide bonds. The van der Waals surface area contributed by atoms with Gasteiger partial charge in [-0.3, -0.25) is 0 Å². The van der Waals surface area contributed by atoms with E-state index in [-0.39, 0.29) is 11.0 Å². The maximum absolute atomic E-state index is 13.7. The number of halogens is 1. The number of ether oxygens (including phenoxy) is 1. The lowest BCUT2D eigenvalue weighted by Crippen LogP contribution is -2.19. The van der Waals surface area contributed by atoms with Gasteiger partial charge in [0.1, 0.15) is 10.6 Å². The molecular formula is C25H29BrN2O3S. The molecule has 2 aliphatic rings. The maximum atomic E-state index is 13.7. The Morgan fingerprint density at radius 2 is 1.88 bits per heavy atom. The van der Waals surface area contributed by atoms with Gasteiger partial charge in [-0.1, -0.05) is 19.1 Å². The van der Waals surface area contributed by atoms with E-state index in [2.05, 4.69) is 33.8 Å². The molecule has 2 aromatic carbocycles. The van der Waals surface area contributed by atoms with Gasteiger partial charge < -0.3 is 9.64 Å². The number of likely N-dealkylation sites (tertiary alicyclic amines) is 1. The average molecular weight is 517 g/mol. The van der Waals surface area contributed by atoms with E-state index in [1.165, 1.54) is 16.8 Å². The van der Waals surface area contributed by atoms with Gasteiger partial charge in [-0.2, -0.15) is 0 Å². The van der Waals surface area contributed by atoms with Gasteiger partial charge in [-0.25, -0.2) is 12.4 Å². The zero-order valence-corrected chi connectivity index (χ0v) is 20.7. The Bertz CT molecular complexity index is 1230. The van der Waals surface area contributed by atoms with E-state index < -0.39 is 10.0 Å². The lowest BCUT2D eigenvalue weighted by atomic mass is 9.98. The van der Waals surface area contributed by atoms with Gasteiger partial charge in [0.25, 0.3) is 10.0 Å². The molecule has 1 aromatic heterocycles. The summed E-state index contributed by atoms with van der Waals surface area (Å²) in [7, 11) is -3.74. The number of fused-ring (bicyclic) bond motifs is 1. The van der Waals surface area contributed by atoms with Crippen molar-refractivity contribution in [3.05, 3.63) is 58.7 Å². The van der Waals surface area contributed by atoms with Crippen molar-refractivity contribution in [2.75, 3.05) is 19.6 Å². The van der Waals surface area contributed by atoms with Crippen LogP contribution >= 0.6 is 15.9 Å². The summed E-state index contributed by atoms with van der Waals surface area (Å²) in [4.78, 5) is 2.70. The summed E-state index contributed by atoms with van der Waals surface area (Å²) in [6, 6.07) is 12.9. The molecule has 2 heterocycles. The number of aromatic nitrogens is 1. The van der Waals surface area contributed by atoms with E-state index in [1.807, 2.05) is 24.4 Å². The Morgan fingerprint density at radius 3 is 2.59 bits per heavy atom. The number of nitrogens with zero attached hydrogens (tertiary/aromatic N) is 2. The van der Waals surface area contributed by atoms with Crippen molar-refractivity contribution < 1.29 is 13.2 Å². The lowest BCUT2D eigenvalue weighted by molar-refractivity contribution is 0.210. The molecule has 7 heteroatoms. The van der Waals surface area contributed by atoms with Gasteiger partial charge in [0, 0.05) is 22.6 Å². The third-order valence-corrected chi connectivity index (χ3v) is 9.60. The van der Waals surface area contributed by atoms with Crippen LogP contribution in [-0.4, -0.2) is 43.0 Å². The number of rotatable bonds is 6. The second-order valence-corrected chi connectivity index (χ2v) is 11.5. The predicted molar refractivity (Wildman–Crippen MR) is 131 cm³/mol. The van der Waals surface area contributed by atoms with Crippen LogP contribution in [0.15, 0.2) is 58.0 Å². The minimum atomic E-state index is -3.74. The summed E-state index contributed by atoms with van der Waals surface area (Å²) in [6.07, 6.45) is 7.77. The average Bonchev–Trinajstić information content (AvgIpc) is 3.53. The van der Waals surface area contributed by atoms with Crippen LogP contribution < -0.4 is 4.74 Å². The molecule has 2 fully saturated rings. The summed E-state index contributed by atoms with van der Waals surface area (Å²) >= 11 is 3.43. The number of hydrogen-bond acceptors (Lipinski definition) is 4. The van der Waals surface area contributed by atoms with Gasteiger partial charge in [-0.05, 0) is 103 Å². The van der Waals surface area contributed by atoms with Crippen molar-refractivity contribution in [1.29, 1.82) is 0 Å². The minimum Gasteiger partial charge on any atom is -0.490 e. The van der Waals surface area contributed by atoms with Crippen molar-refractivity contribution >= 4 is 36.9 Å². The summed E-state index contributed by atoms with van der Waals surface area (Å²) < 4.78 is 35.6. The van der Waals surface area contributed by atoms with Crippen LogP contribution in [0.3, 0.4) is 0 Å². The molecule has 5 rings (SSSR count). The first kappa shape index (κ1) is 22.0. The van der Waals surface area contributed by atoms with Gasteiger partial charge in [-0.15, -0.1) is 0 Å². The Balaban J connectivity index is 1.62. The molecule has 32 heavy (non-hydrogen) atoms. The highest BCUT2D eigenvalue weighted by Gasteiger charge is 2.30. The van der Waals surface area contributed by atoms with Crippen molar-refractivity contribution in [1.82, 2.24) is 8.87 Å². The molecule has 1 aliphatic heterocycles. The van der Waals surface area contributed by atoms with Gasteiger partial charge in [0.15, 0.2) is 0 Å². The zero-order chi connectivity index (χ0) is 22.3. The summed E-state index contributed by atoms with van der Waals surface area (Å²) in [5.41, 5.74) is 1.81. The van der Waals surface area contributed by atoms with Crippen molar-refractivity contribution in [2.24, 2.45) is 0 Å².